The van der Waals surface area contributed by atoms with E-state index in [1.807, 2.05) is 0 Å². The van der Waals surface area contributed by atoms with Crippen LogP contribution in [0.25, 0.3) is 0 Å². The monoisotopic (exact) mass is 353 g/mol. The van der Waals surface area contributed by atoms with E-state index in [-0.39, 0.29) is 29.4 Å². The third-order valence-corrected chi connectivity index (χ3v) is 5.30. The lowest BCUT2D eigenvalue weighted by Gasteiger charge is -2.40. The number of nitrogens with zero attached hydrogens (tertiary/aromatic N) is 1. The van der Waals surface area contributed by atoms with Gasteiger partial charge in [0, 0.05) is 18.4 Å². The van der Waals surface area contributed by atoms with Gasteiger partial charge in [0.1, 0.15) is 12.6 Å². The van der Waals surface area contributed by atoms with E-state index in [4.69, 9.17) is 14.6 Å². The van der Waals surface area contributed by atoms with Crippen LogP contribution in [0.5, 0.6) is 0 Å². The Labute approximate surface area is 148 Å². The smallest absolute Gasteiger partial charge is 0.336 e. The van der Waals surface area contributed by atoms with Gasteiger partial charge in [-0.1, -0.05) is 12.2 Å². The Morgan fingerprint density at radius 2 is 1.88 bits per heavy atom. The summed E-state index contributed by atoms with van der Waals surface area (Å²) in [5.41, 5.74) is 0.705. The molecule has 1 N–H and O–H groups in total. The Morgan fingerprint density at radius 3 is 2.48 bits per heavy atom. The van der Waals surface area contributed by atoms with Crippen molar-refractivity contribution in [2.24, 2.45) is 5.92 Å². The van der Waals surface area contributed by atoms with Crippen LogP contribution in [0.4, 0.5) is 0 Å². The fourth-order valence-corrected chi connectivity index (χ4v) is 3.68. The van der Waals surface area contributed by atoms with Crippen LogP contribution in [-0.4, -0.2) is 60.1 Å². The average Bonchev–Trinajstić information content (AvgIpc) is 3.09. The number of quaternary nitrogens is 1. The molecule has 0 aromatic rings. The summed E-state index contributed by atoms with van der Waals surface area (Å²) in [6.45, 7) is 5.67. The van der Waals surface area contributed by atoms with Crippen molar-refractivity contribution in [3.63, 3.8) is 0 Å². The fourth-order valence-electron chi connectivity index (χ4n) is 3.68. The van der Waals surface area contributed by atoms with Crippen molar-refractivity contribution in [1.82, 2.24) is 0 Å². The van der Waals surface area contributed by atoms with Crippen LogP contribution in [0.3, 0.4) is 0 Å². The highest BCUT2D eigenvalue weighted by Crippen LogP contribution is 2.41. The number of rotatable bonds is 6. The van der Waals surface area contributed by atoms with Crippen molar-refractivity contribution < 1.29 is 28.8 Å². The van der Waals surface area contributed by atoms with Gasteiger partial charge in [-0.2, -0.15) is 0 Å². The second-order valence-electron chi connectivity index (χ2n) is 6.71. The number of hydrogen-bond acceptors (Lipinski definition) is 6. The minimum atomic E-state index is -0.572. The Hall–Kier alpha value is -1.70. The summed E-state index contributed by atoms with van der Waals surface area (Å²) >= 11 is 0. The Morgan fingerprint density at radius 1 is 1.20 bits per heavy atom. The quantitative estimate of drug-likeness (QED) is 0.336. The van der Waals surface area contributed by atoms with Crippen molar-refractivity contribution in [3.05, 3.63) is 28.5 Å². The minimum absolute atomic E-state index is 0.0970. The number of ether oxygens (including phenoxy) is 2. The molecule has 0 bridgehead atoms. The molecule has 2 aliphatic rings. The van der Waals surface area contributed by atoms with Crippen molar-refractivity contribution in [2.75, 3.05) is 26.3 Å². The van der Waals surface area contributed by atoms with Crippen LogP contribution in [0.2, 0.25) is 0 Å². The van der Waals surface area contributed by atoms with E-state index in [0.717, 1.165) is 0 Å². The van der Waals surface area contributed by atoms with Crippen LogP contribution < -0.4 is 0 Å². The number of hydrogen-bond donors (Lipinski definition) is 1. The first-order chi connectivity index (χ1) is 11.9. The van der Waals surface area contributed by atoms with Crippen molar-refractivity contribution >= 4 is 11.9 Å². The molecule has 0 aliphatic carbocycles. The van der Waals surface area contributed by atoms with Gasteiger partial charge in [-0.3, -0.25) is 0 Å². The van der Waals surface area contributed by atoms with E-state index in [9.17, 15) is 14.8 Å². The predicted octanol–water partition coefficient (Wildman–Crippen LogP) is 1.45. The zero-order valence-corrected chi connectivity index (χ0v) is 15.1. The fraction of sp³-hybridized carbons (Fsp3) is 0.667. The molecule has 0 spiro atoms. The average molecular weight is 353 g/mol. The van der Waals surface area contributed by atoms with Crippen molar-refractivity contribution in [2.45, 2.75) is 45.8 Å². The minimum Gasteiger partial charge on any atom is -0.632 e. The van der Waals surface area contributed by atoms with Gasteiger partial charge in [-0.05, 0) is 20.8 Å². The number of allylic oxidation sites excluding steroid dienone is 2. The highest BCUT2D eigenvalue weighted by atomic mass is 16.6. The van der Waals surface area contributed by atoms with Gasteiger partial charge in [-0.25, -0.2) is 9.59 Å². The number of hydroxylamine groups is 3. The van der Waals surface area contributed by atoms with Crippen LogP contribution in [0.1, 0.15) is 33.6 Å². The van der Waals surface area contributed by atoms with Gasteiger partial charge >= 0.3 is 11.9 Å². The molecule has 2 aliphatic heterocycles. The zero-order chi connectivity index (χ0) is 18.6. The molecule has 25 heavy (non-hydrogen) atoms. The molecule has 0 aromatic heterocycles. The second-order valence-corrected chi connectivity index (χ2v) is 6.71. The lowest BCUT2D eigenvalue weighted by molar-refractivity contribution is -0.882. The van der Waals surface area contributed by atoms with Gasteiger partial charge in [0.05, 0.1) is 31.2 Å². The van der Waals surface area contributed by atoms with E-state index in [1.54, 1.807) is 26.8 Å². The number of esters is 2. The first-order valence-electron chi connectivity index (χ1n) is 8.71. The Balaban J connectivity index is 2.03. The molecule has 2 heterocycles. The summed E-state index contributed by atoms with van der Waals surface area (Å²) < 4.78 is 10.4. The molecule has 0 aromatic carbocycles. The number of carbonyl (C=O) groups excluding carboxylic acids is 2. The molecule has 7 nitrogen and oxygen atoms in total. The third kappa shape index (κ3) is 4.11. The van der Waals surface area contributed by atoms with Gasteiger partial charge in [0.25, 0.3) is 0 Å². The Kier molecular flexibility index (Phi) is 6.37. The number of aliphatic hydroxyl groups excluding tert-OH is 1. The predicted molar refractivity (Wildman–Crippen MR) is 91.0 cm³/mol. The van der Waals surface area contributed by atoms with Crippen molar-refractivity contribution in [3.8, 4) is 0 Å². The van der Waals surface area contributed by atoms with E-state index in [2.05, 4.69) is 0 Å². The number of carbonyl (C=O) groups is 2. The second kappa shape index (κ2) is 8.12. The normalized spacial score (nSPS) is 32.4. The highest BCUT2D eigenvalue weighted by Gasteiger charge is 2.54. The van der Waals surface area contributed by atoms with E-state index >= 15 is 0 Å². The maximum absolute atomic E-state index is 12.9. The van der Waals surface area contributed by atoms with E-state index in [1.165, 1.54) is 6.08 Å². The molecular weight excluding hydrogens is 326 g/mol. The summed E-state index contributed by atoms with van der Waals surface area (Å²) in [7, 11) is 0. The van der Waals surface area contributed by atoms with Gasteiger partial charge in [-0.15, -0.1) is 0 Å². The molecule has 2 rings (SSSR count). The van der Waals surface area contributed by atoms with Crippen LogP contribution >= 0.6 is 0 Å². The molecule has 2 fully saturated rings. The van der Waals surface area contributed by atoms with Crippen LogP contribution in [-0.2, 0) is 19.1 Å². The van der Waals surface area contributed by atoms with Crippen LogP contribution in [0.15, 0.2) is 23.3 Å². The maximum Gasteiger partial charge on any atom is 0.336 e. The molecule has 4 atom stereocenters. The first-order valence-corrected chi connectivity index (χ1v) is 8.71. The SMILES string of the molecule is C/C=C(/CO)C(=O)OCC1CC[N+]2([O-])CCC(OC(=O)/C(C)=C/C)C12. The van der Waals surface area contributed by atoms with Crippen molar-refractivity contribution in [1.29, 1.82) is 0 Å². The third-order valence-electron chi connectivity index (χ3n) is 5.30. The molecule has 2 saturated heterocycles. The standard InChI is InChI=1S/C18H27NO6/c1-4-12(3)17(21)25-15-7-9-19(23)8-6-14(16(15)19)11-24-18(22)13(5-2)10-20/h4-5,14-16,20H,6-11H2,1-3H3/b12-4+,13-5-. The van der Waals surface area contributed by atoms with Crippen LogP contribution in [0, 0.1) is 11.1 Å². The molecule has 0 amide bonds. The number of aliphatic hydroxyl groups is 1. The van der Waals surface area contributed by atoms with Gasteiger partial charge in [0.2, 0.25) is 0 Å². The molecule has 7 heteroatoms. The summed E-state index contributed by atoms with van der Waals surface area (Å²) in [6, 6.07) is -0.399. The summed E-state index contributed by atoms with van der Waals surface area (Å²) in [6.07, 6.45) is 3.88. The van der Waals surface area contributed by atoms with Gasteiger partial charge in [0.15, 0.2) is 6.10 Å². The van der Waals surface area contributed by atoms with Gasteiger partial charge < -0.3 is 24.4 Å². The lowest BCUT2D eigenvalue weighted by Crippen LogP contribution is -2.48. The maximum atomic E-state index is 12.9. The summed E-state index contributed by atoms with van der Waals surface area (Å²) in [5, 5.41) is 22.0. The summed E-state index contributed by atoms with van der Waals surface area (Å²) in [5.74, 6) is -1.12. The first kappa shape index (κ1) is 19.6. The molecule has 0 saturated carbocycles. The molecule has 4 unspecified atom stereocenters. The summed E-state index contributed by atoms with van der Waals surface area (Å²) in [4.78, 5) is 23.9. The molecule has 0 radical (unpaired) electrons. The number of fused-ring (bicyclic) bond motifs is 1. The molecule has 140 valence electrons. The van der Waals surface area contributed by atoms with E-state index < -0.39 is 24.1 Å². The molecular formula is C18H27NO6. The highest BCUT2D eigenvalue weighted by molar-refractivity contribution is 5.88. The van der Waals surface area contributed by atoms with E-state index in [0.29, 0.717) is 31.5 Å². The Bertz CT molecular complexity index is 584. The topological polar surface area (TPSA) is 95.9 Å². The largest absolute Gasteiger partial charge is 0.632 e. The lowest BCUT2D eigenvalue weighted by atomic mass is 9.97. The zero-order valence-electron chi connectivity index (χ0n) is 15.1.